The van der Waals surface area contributed by atoms with E-state index in [4.69, 9.17) is 9.47 Å². The third-order valence-corrected chi connectivity index (χ3v) is 8.84. The van der Waals surface area contributed by atoms with Gasteiger partial charge in [-0.25, -0.2) is 8.42 Å². The van der Waals surface area contributed by atoms with Crippen molar-refractivity contribution < 1.29 is 22.7 Å². The minimum Gasteiger partial charge on any atom is -0.486 e. The summed E-state index contributed by atoms with van der Waals surface area (Å²) in [5.41, 5.74) is 2.53. The van der Waals surface area contributed by atoms with E-state index < -0.39 is 10.0 Å². The number of nitrogens with zero attached hydrogens (tertiary/aromatic N) is 1. The number of rotatable bonds is 8. The molecule has 1 saturated heterocycles. The minimum atomic E-state index is -3.64. The second kappa shape index (κ2) is 10.8. The Hall–Kier alpha value is -2.23. The molecule has 7 nitrogen and oxygen atoms in total. The molecule has 1 N–H and O–H groups in total. The first-order chi connectivity index (χ1) is 15.9. The Morgan fingerprint density at radius 2 is 1.76 bits per heavy atom. The number of hydrogen-bond acceptors (Lipinski definition) is 6. The van der Waals surface area contributed by atoms with Crippen LogP contribution in [0, 0.1) is 12.8 Å². The highest BCUT2D eigenvalue weighted by Gasteiger charge is 2.32. The van der Waals surface area contributed by atoms with Crippen LogP contribution in [-0.2, 0) is 20.6 Å². The molecule has 33 heavy (non-hydrogen) atoms. The van der Waals surface area contributed by atoms with Gasteiger partial charge in [-0.3, -0.25) is 4.79 Å². The molecule has 0 bridgehead atoms. The maximum Gasteiger partial charge on any atom is 0.243 e. The first-order valence-corrected chi connectivity index (χ1v) is 13.8. The quantitative estimate of drug-likeness (QED) is 0.572. The van der Waals surface area contributed by atoms with E-state index in [1.54, 1.807) is 23.9 Å². The molecular formula is C24H30N2O5S2. The molecule has 1 amide bonds. The lowest BCUT2D eigenvalue weighted by atomic mass is 9.97. The van der Waals surface area contributed by atoms with E-state index >= 15 is 0 Å². The molecule has 0 atom stereocenters. The second-order valence-electron chi connectivity index (χ2n) is 8.31. The maximum absolute atomic E-state index is 13.1. The van der Waals surface area contributed by atoms with Gasteiger partial charge in [0.1, 0.15) is 13.2 Å². The Morgan fingerprint density at radius 3 is 2.48 bits per heavy atom. The molecule has 1 fully saturated rings. The molecule has 0 radical (unpaired) electrons. The summed E-state index contributed by atoms with van der Waals surface area (Å²) in [6.45, 7) is 4.21. The zero-order valence-electron chi connectivity index (χ0n) is 18.8. The van der Waals surface area contributed by atoms with Crippen molar-refractivity contribution in [2.75, 3.05) is 38.6 Å². The average Bonchev–Trinajstić information content (AvgIpc) is 2.84. The van der Waals surface area contributed by atoms with Gasteiger partial charge in [-0.2, -0.15) is 16.1 Å². The Kier molecular flexibility index (Phi) is 7.82. The Balaban J connectivity index is 1.21. The molecule has 2 aliphatic rings. The smallest absolute Gasteiger partial charge is 0.243 e. The molecule has 178 valence electrons. The minimum absolute atomic E-state index is 0.0160. The van der Waals surface area contributed by atoms with Gasteiger partial charge in [0.05, 0.1) is 4.90 Å². The Morgan fingerprint density at radius 1 is 1.06 bits per heavy atom. The highest BCUT2D eigenvalue weighted by Crippen LogP contribution is 2.34. The van der Waals surface area contributed by atoms with Gasteiger partial charge in [-0.1, -0.05) is 29.8 Å². The van der Waals surface area contributed by atoms with Crippen LogP contribution in [0.4, 0.5) is 0 Å². The number of fused-ring (bicyclic) bond motifs is 1. The summed E-state index contributed by atoms with van der Waals surface area (Å²) >= 11 is 1.79. The third kappa shape index (κ3) is 6.02. The highest BCUT2D eigenvalue weighted by atomic mass is 32.2. The maximum atomic E-state index is 13.1. The highest BCUT2D eigenvalue weighted by molar-refractivity contribution is 7.98. The number of nitrogens with one attached hydrogen (secondary N) is 1. The summed E-state index contributed by atoms with van der Waals surface area (Å²) in [6.07, 6.45) is 1.04. The second-order valence-corrected chi connectivity index (χ2v) is 11.4. The van der Waals surface area contributed by atoms with Crippen molar-refractivity contribution in [3.8, 4) is 11.5 Å². The van der Waals surface area contributed by atoms with E-state index in [0.717, 1.165) is 11.5 Å². The van der Waals surface area contributed by atoms with Crippen LogP contribution in [0.25, 0.3) is 0 Å². The van der Waals surface area contributed by atoms with E-state index in [1.807, 2.05) is 0 Å². The fraction of sp³-hybridized carbons (Fsp3) is 0.458. The van der Waals surface area contributed by atoms with Crippen LogP contribution in [-0.4, -0.2) is 57.2 Å². The lowest BCUT2D eigenvalue weighted by Crippen LogP contribution is -2.43. The molecule has 0 aromatic heterocycles. The Labute approximate surface area is 199 Å². The number of sulfonamides is 1. The molecule has 2 heterocycles. The van der Waals surface area contributed by atoms with Crippen LogP contribution >= 0.6 is 11.8 Å². The average molecular weight is 491 g/mol. The van der Waals surface area contributed by atoms with Crippen molar-refractivity contribution in [2.24, 2.45) is 5.92 Å². The number of aryl methyl sites for hydroxylation is 1. The van der Waals surface area contributed by atoms with Gasteiger partial charge in [0.2, 0.25) is 15.9 Å². The largest absolute Gasteiger partial charge is 0.486 e. The first-order valence-electron chi connectivity index (χ1n) is 11.2. The normalized spacial score (nSPS) is 17.0. The van der Waals surface area contributed by atoms with E-state index in [1.165, 1.54) is 21.5 Å². The van der Waals surface area contributed by atoms with Gasteiger partial charge in [0.15, 0.2) is 11.5 Å². The van der Waals surface area contributed by atoms with Crippen LogP contribution in [0.15, 0.2) is 47.4 Å². The number of amides is 1. The summed E-state index contributed by atoms with van der Waals surface area (Å²) in [7, 11) is -3.64. The summed E-state index contributed by atoms with van der Waals surface area (Å²) in [6, 6.07) is 13.2. The van der Waals surface area contributed by atoms with E-state index in [-0.39, 0.29) is 16.7 Å². The van der Waals surface area contributed by atoms with E-state index in [9.17, 15) is 13.2 Å². The van der Waals surface area contributed by atoms with Crippen molar-refractivity contribution in [1.82, 2.24) is 9.62 Å². The molecule has 2 aliphatic heterocycles. The zero-order valence-corrected chi connectivity index (χ0v) is 20.4. The third-order valence-electron chi connectivity index (χ3n) is 5.91. The van der Waals surface area contributed by atoms with Crippen LogP contribution < -0.4 is 14.8 Å². The molecule has 2 aromatic rings. The van der Waals surface area contributed by atoms with Gasteiger partial charge in [0, 0.05) is 43.1 Å². The molecule has 0 spiro atoms. The van der Waals surface area contributed by atoms with Crippen LogP contribution in [0.2, 0.25) is 0 Å². The number of ether oxygens (including phenoxy) is 2. The fourth-order valence-corrected chi connectivity index (χ4v) is 6.26. The van der Waals surface area contributed by atoms with Crippen molar-refractivity contribution in [3.05, 3.63) is 53.6 Å². The van der Waals surface area contributed by atoms with Crippen LogP contribution in [0.5, 0.6) is 11.5 Å². The standard InChI is InChI=1S/C24H30N2O5S2/c1-18-2-4-19(5-3-18)17-32-15-10-25-24(27)20-8-11-26(12-9-20)33(28,29)21-6-7-22-23(16-21)31-14-13-30-22/h2-7,16,20H,8-15,17H2,1H3,(H,25,27). The SMILES string of the molecule is Cc1ccc(CSCCNC(=O)C2CCN(S(=O)(=O)c3ccc4c(c3)OCCO4)CC2)cc1. The van der Waals surface area contributed by atoms with Crippen molar-refractivity contribution in [3.63, 3.8) is 0 Å². The first kappa shape index (κ1) is 23.9. The van der Waals surface area contributed by atoms with Gasteiger partial charge < -0.3 is 14.8 Å². The van der Waals surface area contributed by atoms with Gasteiger partial charge in [-0.15, -0.1) is 0 Å². The number of carbonyl (C=O) groups excluding carboxylic acids is 1. The lowest BCUT2D eigenvalue weighted by molar-refractivity contribution is -0.125. The molecule has 2 aromatic carbocycles. The number of benzene rings is 2. The van der Waals surface area contributed by atoms with Crippen molar-refractivity contribution in [1.29, 1.82) is 0 Å². The lowest BCUT2D eigenvalue weighted by Gasteiger charge is -2.30. The summed E-state index contributed by atoms with van der Waals surface area (Å²) < 4.78 is 38.6. The number of thioether (sulfide) groups is 1. The summed E-state index contributed by atoms with van der Waals surface area (Å²) in [5, 5.41) is 3.01. The molecular weight excluding hydrogens is 460 g/mol. The number of piperidine rings is 1. The van der Waals surface area contributed by atoms with E-state index in [2.05, 4.69) is 36.5 Å². The number of carbonyl (C=O) groups is 1. The predicted molar refractivity (Wildman–Crippen MR) is 129 cm³/mol. The zero-order chi connectivity index (χ0) is 23.3. The van der Waals surface area contributed by atoms with Gasteiger partial charge >= 0.3 is 0 Å². The molecule has 0 aliphatic carbocycles. The fourth-order valence-electron chi connectivity index (χ4n) is 3.96. The predicted octanol–water partition coefficient (Wildman–Crippen LogP) is 3.22. The monoisotopic (exact) mass is 490 g/mol. The summed E-state index contributed by atoms with van der Waals surface area (Å²) in [4.78, 5) is 12.7. The summed E-state index contributed by atoms with van der Waals surface area (Å²) in [5.74, 6) is 2.65. The number of hydrogen-bond donors (Lipinski definition) is 1. The van der Waals surface area contributed by atoms with Crippen LogP contribution in [0.3, 0.4) is 0 Å². The van der Waals surface area contributed by atoms with Crippen molar-refractivity contribution >= 4 is 27.7 Å². The van der Waals surface area contributed by atoms with Crippen LogP contribution in [0.1, 0.15) is 24.0 Å². The van der Waals surface area contributed by atoms with Gasteiger partial charge in [-0.05, 0) is 37.5 Å². The molecule has 0 saturated carbocycles. The molecule has 9 heteroatoms. The molecule has 4 rings (SSSR count). The Bertz CT molecular complexity index is 1060. The topological polar surface area (TPSA) is 84.9 Å². The van der Waals surface area contributed by atoms with Crippen molar-refractivity contribution in [2.45, 2.75) is 30.4 Å². The van der Waals surface area contributed by atoms with Gasteiger partial charge in [0.25, 0.3) is 0 Å². The van der Waals surface area contributed by atoms with E-state index in [0.29, 0.717) is 57.2 Å². The molecule has 0 unspecified atom stereocenters.